The monoisotopic (exact) mass is 386 g/mol. The largest absolute Gasteiger partial charge is 0.323 e. The number of H-pyrrole nitrogens is 1. The Morgan fingerprint density at radius 3 is 2.28 bits per heavy atom. The molecule has 144 valence electrons. The minimum atomic E-state index is -0.358. The van der Waals surface area contributed by atoms with Crippen LogP contribution >= 0.6 is 0 Å². The van der Waals surface area contributed by atoms with Crippen LogP contribution in [0.3, 0.4) is 0 Å². The van der Waals surface area contributed by atoms with E-state index in [1.54, 1.807) is 42.6 Å². The van der Waals surface area contributed by atoms with Gasteiger partial charge in [0.05, 0.1) is 11.9 Å². The Hall–Kier alpha value is -4.20. The number of anilines is 3. The molecule has 0 saturated heterocycles. The molecule has 29 heavy (non-hydrogen) atoms. The lowest BCUT2D eigenvalue weighted by Gasteiger charge is -2.09. The van der Waals surface area contributed by atoms with Crippen molar-refractivity contribution >= 4 is 40.0 Å². The van der Waals surface area contributed by atoms with Gasteiger partial charge in [0, 0.05) is 28.0 Å². The Labute approximate surface area is 166 Å². The van der Waals surface area contributed by atoms with E-state index in [1.165, 1.54) is 0 Å². The standard InChI is InChI=1S/C21H18N6O2/c1-13-18-11-17(12-22-19(18)27-26-13)23-20(28)14-7-9-16(10-8-14)25-21(29)24-15-5-3-2-4-6-15/h2-12H,1H3,(H,23,28)(H,22,26,27)(H2,24,25,29). The summed E-state index contributed by atoms with van der Waals surface area (Å²) in [5, 5.41) is 16.1. The highest BCUT2D eigenvalue weighted by Gasteiger charge is 2.10. The first-order valence-electron chi connectivity index (χ1n) is 8.94. The molecule has 4 N–H and O–H groups in total. The van der Waals surface area contributed by atoms with Gasteiger partial charge in [-0.2, -0.15) is 5.10 Å². The predicted octanol–water partition coefficient (Wildman–Crippen LogP) is 4.16. The number of fused-ring (bicyclic) bond motifs is 1. The van der Waals surface area contributed by atoms with Gasteiger partial charge in [-0.1, -0.05) is 18.2 Å². The number of aromatic amines is 1. The molecule has 2 aromatic carbocycles. The van der Waals surface area contributed by atoms with Crippen LogP contribution in [0.15, 0.2) is 66.9 Å². The minimum Gasteiger partial charge on any atom is -0.321 e. The Bertz CT molecular complexity index is 1170. The van der Waals surface area contributed by atoms with Gasteiger partial charge in [0.15, 0.2) is 5.65 Å². The highest BCUT2D eigenvalue weighted by Crippen LogP contribution is 2.19. The Morgan fingerprint density at radius 1 is 0.862 bits per heavy atom. The molecule has 0 radical (unpaired) electrons. The fraction of sp³-hybridized carbons (Fsp3) is 0.0476. The zero-order valence-corrected chi connectivity index (χ0v) is 15.6. The second-order valence-electron chi connectivity index (χ2n) is 6.42. The van der Waals surface area contributed by atoms with Crippen LogP contribution in [0.25, 0.3) is 11.0 Å². The number of urea groups is 1. The van der Waals surface area contributed by atoms with Crippen molar-refractivity contribution in [1.29, 1.82) is 0 Å². The van der Waals surface area contributed by atoms with E-state index in [4.69, 9.17) is 0 Å². The number of benzene rings is 2. The molecule has 8 nitrogen and oxygen atoms in total. The average molecular weight is 386 g/mol. The summed E-state index contributed by atoms with van der Waals surface area (Å²) in [6, 6.07) is 17.2. The first-order valence-corrected chi connectivity index (χ1v) is 8.94. The fourth-order valence-corrected chi connectivity index (χ4v) is 2.81. The van der Waals surface area contributed by atoms with Crippen molar-refractivity contribution in [3.05, 3.63) is 78.1 Å². The third kappa shape index (κ3) is 4.22. The molecule has 0 aliphatic rings. The van der Waals surface area contributed by atoms with E-state index in [0.29, 0.717) is 28.3 Å². The first-order chi connectivity index (χ1) is 14.1. The van der Waals surface area contributed by atoms with E-state index >= 15 is 0 Å². The highest BCUT2D eigenvalue weighted by molar-refractivity contribution is 6.05. The second-order valence-corrected chi connectivity index (χ2v) is 6.42. The maximum atomic E-state index is 12.5. The van der Waals surface area contributed by atoms with Crippen molar-refractivity contribution in [3.8, 4) is 0 Å². The van der Waals surface area contributed by atoms with Crippen LogP contribution in [-0.4, -0.2) is 27.1 Å². The van der Waals surface area contributed by atoms with Gasteiger partial charge in [-0.15, -0.1) is 0 Å². The van der Waals surface area contributed by atoms with Crippen LogP contribution in [0.1, 0.15) is 16.1 Å². The van der Waals surface area contributed by atoms with E-state index in [-0.39, 0.29) is 11.9 Å². The number of hydrogen-bond acceptors (Lipinski definition) is 4. The molecule has 4 aromatic rings. The molecule has 8 heteroatoms. The van der Waals surface area contributed by atoms with Gasteiger partial charge in [0.2, 0.25) is 0 Å². The zero-order chi connectivity index (χ0) is 20.2. The molecule has 0 aliphatic heterocycles. The topological polar surface area (TPSA) is 112 Å². The number of para-hydroxylation sites is 1. The van der Waals surface area contributed by atoms with Crippen LogP contribution in [0.2, 0.25) is 0 Å². The summed E-state index contributed by atoms with van der Waals surface area (Å²) in [4.78, 5) is 28.7. The summed E-state index contributed by atoms with van der Waals surface area (Å²) in [6.07, 6.45) is 1.56. The van der Waals surface area contributed by atoms with Crippen molar-refractivity contribution in [2.45, 2.75) is 6.92 Å². The number of aromatic nitrogens is 3. The van der Waals surface area contributed by atoms with Gasteiger partial charge in [0.1, 0.15) is 0 Å². The van der Waals surface area contributed by atoms with E-state index in [0.717, 1.165) is 11.1 Å². The number of carbonyl (C=O) groups is 2. The Balaban J connectivity index is 1.39. The number of rotatable bonds is 4. The second kappa shape index (κ2) is 7.81. The van der Waals surface area contributed by atoms with Gasteiger partial charge >= 0.3 is 6.03 Å². The molecule has 0 spiro atoms. The van der Waals surface area contributed by atoms with Gasteiger partial charge in [-0.25, -0.2) is 9.78 Å². The molecule has 2 aromatic heterocycles. The maximum absolute atomic E-state index is 12.5. The quantitative estimate of drug-likeness (QED) is 0.422. The lowest BCUT2D eigenvalue weighted by molar-refractivity contribution is 0.102. The zero-order valence-electron chi connectivity index (χ0n) is 15.6. The molecular weight excluding hydrogens is 368 g/mol. The Kier molecular flexibility index (Phi) is 4.90. The first kappa shape index (κ1) is 18.2. The fourth-order valence-electron chi connectivity index (χ4n) is 2.81. The minimum absolute atomic E-state index is 0.271. The number of pyridine rings is 1. The number of nitrogens with one attached hydrogen (secondary N) is 4. The van der Waals surface area contributed by atoms with Crippen LogP contribution in [0.4, 0.5) is 21.9 Å². The van der Waals surface area contributed by atoms with E-state index in [2.05, 4.69) is 31.1 Å². The summed E-state index contributed by atoms with van der Waals surface area (Å²) >= 11 is 0. The molecule has 0 fully saturated rings. The number of aryl methyl sites for hydroxylation is 1. The van der Waals surface area contributed by atoms with E-state index < -0.39 is 0 Å². The van der Waals surface area contributed by atoms with Crippen molar-refractivity contribution in [2.24, 2.45) is 0 Å². The van der Waals surface area contributed by atoms with Gasteiger partial charge < -0.3 is 16.0 Å². The summed E-state index contributed by atoms with van der Waals surface area (Å²) < 4.78 is 0. The highest BCUT2D eigenvalue weighted by atomic mass is 16.2. The molecule has 0 atom stereocenters. The van der Waals surface area contributed by atoms with Gasteiger partial charge in [-0.3, -0.25) is 9.89 Å². The molecular formula is C21H18N6O2. The molecule has 0 bridgehead atoms. The molecule has 4 rings (SSSR count). The third-order valence-corrected chi connectivity index (χ3v) is 4.29. The van der Waals surface area contributed by atoms with Crippen molar-refractivity contribution in [1.82, 2.24) is 15.2 Å². The van der Waals surface area contributed by atoms with E-state index in [1.807, 2.05) is 31.2 Å². The van der Waals surface area contributed by atoms with E-state index in [9.17, 15) is 9.59 Å². The average Bonchev–Trinajstić information content (AvgIpc) is 3.09. The predicted molar refractivity (Wildman–Crippen MR) is 112 cm³/mol. The van der Waals surface area contributed by atoms with Gasteiger partial charge in [0.25, 0.3) is 5.91 Å². The SMILES string of the molecule is Cc1[nH]nc2ncc(NC(=O)c3ccc(NC(=O)Nc4ccccc4)cc3)cc12. The van der Waals surface area contributed by atoms with Crippen LogP contribution < -0.4 is 16.0 Å². The van der Waals surface area contributed by atoms with Crippen molar-refractivity contribution < 1.29 is 9.59 Å². The lowest BCUT2D eigenvalue weighted by atomic mass is 10.2. The summed E-state index contributed by atoms with van der Waals surface area (Å²) in [5.74, 6) is -0.271. The molecule has 0 saturated carbocycles. The number of carbonyl (C=O) groups excluding carboxylic acids is 2. The van der Waals surface area contributed by atoms with Crippen LogP contribution in [0, 0.1) is 6.92 Å². The summed E-state index contributed by atoms with van der Waals surface area (Å²) in [7, 11) is 0. The van der Waals surface area contributed by atoms with Crippen LogP contribution in [-0.2, 0) is 0 Å². The number of nitrogens with zero attached hydrogens (tertiary/aromatic N) is 2. The van der Waals surface area contributed by atoms with Crippen molar-refractivity contribution in [2.75, 3.05) is 16.0 Å². The number of hydrogen-bond donors (Lipinski definition) is 4. The van der Waals surface area contributed by atoms with Gasteiger partial charge in [-0.05, 0) is 49.4 Å². The van der Waals surface area contributed by atoms with Crippen molar-refractivity contribution in [3.63, 3.8) is 0 Å². The summed E-state index contributed by atoms with van der Waals surface area (Å²) in [5.41, 5.74) is 3.79. The molecule has 2 heterocycles. The maximum Gasteiger partial charge on any atom is 0.323 e. The third-order valence-electron chi connectivity index (χ3n) is 4.29. The molecule has 0 unspecified atom stereocenters. The smallest absolute Gasteiger partial charge is 0.321 e. The number of amides is 3. The summed E-state index contributed by atoms with van der Waals surface area (Å²) in [6.45, 7) is 1.89. The molecule has 3 amide bonds. The normalized spacial score (nSPS) is 10.5. The molecule has 0 aliphatic carbocycles. The lowest BCUT2D eigenvalue weighted by Crippen LogP contribution is -2.19. The van der Waals surface area contributed by atoms with Crippen LogP contribution in [0.5, 0.6) is 0 Å². The Morgan fingerprint density at radius 2 is 1.55 bits per heavy atom.